The van der Waals surface area contributed by atoms with Gasteiger partial charge in [0.05, 0.1) is 9.82 Å². The van der Waals surface area contributed by atoms with E-state index in [0.29, 0.717) is 25.6 Å². The normalized spacial score (nSPS) is 20.7. The number of likely N-dealkylation sites (tertiary alicyclic amines) is 1. The van der Waals surface area contributed by atoms with Crippen molar-refractivity contribution in [1.29, 1.82) is 0 Å². The number of nitrogens with one attached hydrogen (secondary N) is 1. The van der Waals surface area contributed by atoms with Crippen LogP contribution in [-0.4, -0.2) is 49.0 Å². The number of anilines is 1. The van der Waals surface area contributed by atoms with E-state index in [1.807, 2.05) is 0 Å². The number of carbonyl (C=O) groups excluding carboxylic acids is 1. The van der Waals surface area contributed by atoms with Crippen LogP contribution in [-0.2, 0) is 14.6 Å². The topological polar surface area (TPSA) is 110 Å². The van der Waals surface area contributed by atoms with E-state index in [2.05, 4.69) is 5.32 Å². The average Bonchev–Trinajstić information content (AvgIpc) is 3.33. The maximum atomic E-state index is 12.7. The van der Waals surface area contributed by atoms with E-state index >= 15 is 0 Å². The number of amides is 1. The third kappa shape index (κ3) is 4.08. The lowest BCUT2D eigenvalue weighted by Gasteiger charge is -2.21. The molecule has 1 saturated heterocycles. The first-order valence-corrected chi connectivity index (χ1v) is 10.6. The smallest absolute Gasteiger partial charge is 0.341 e. The Labute approximate surface area is 161 Å². The van der Waals surface area contributed by atoms with Crippen LogP contribution in [0.2, 0.25) is 0 Å². The van der Waals surface area contributed by atoms with Gasteiger partial charge in [0.2, 0.25) is 15.7 Å². The first-order valence-electron chi connectivity index (χ1n) is 9.06. The highest BCUT2D eigenvalue weighted by molar-refractivity contribution is 7.91. The number of nitro benzene ring substituents is 1. The number of benzene rings is 1. The predicted octanol–water partition coefficient (Wildman–Crippen LogP) is 2.79. The van der Waals surface area contributed by atoms with Crippen molar-refractivity contribution in [1.82, 2.24) is 4.90 Å². The summed E-state index contributed by atoms with van der Waals surface area (Å²) in [6, 6.07) is 2.45. The van der Waals surface area contributed by atoms with E-state index in [4.69, 9.17) is 0 Å². The van der Waals surface area contributed by atoms with Crippen LogP contribution in [0.5, 0.6) is 0 Å². The Morgan fingerprint density at radius 1 is 1.25 bits per heavy atom. The van der Waals surface area contributed by atoms with Crippen LogP contribution in [0.3, 0.4) is 0 Å². The summed E-state index contributed by atoms with van der Waals surface area (Å²) in [4.78, 5) is 23.9. The van der Waals surface area contributed by atoms with Crippen molar-refractivity contribution in [3.63, 3.8) is 0 Å². The Hall–Kier alpha value is -2.30. The molecule has 0 bridgehead atoms. The number of sulfone groups is 1. The van der Waals surface area contributed by atoms with Crippen LogP contribution >= 0.6 is 0 Å². The maximum absolute atomic E-state index is 12.7. The molecule has 0 radical (unpaired) electrons. The number of alkyl halides is 2. The molecule has 154 valence electrons. The van der Waals surface area contributed by atoms with Gasteiger partial charge in [0.15, 0.2) is 0 Å². The predicted molar refractivity (Wildman–Crippen MR) is 96.9 cm³/mol. The van der Waals surface area contributed by atoms with Crippen LogP contribution in [0.1, 0.15) is 32.1 Å². The molecule has 1 heterocycles. The third-order valence-corrected chi connectivity index (χ3v) is 6.67. The fourth-order valence-corrected chi connectivity index (χ4v) is 4.53. The van der Waals surface area contributed by atoms with Crippen molar-refractivity contribution >= 4 is 27.1 Å². The van der Waals surface area contributed by atoms with Crippen LogP contribution in [0.15, 0.2) is 23.1 Å². The number of nitrogens with zero attached hydrogens (tertiary/aromatic N) is 2. The molecule has 1 N–H and O–H groups in total. The monoisotopic (exact) mass is 417 g/mol. The zero-order valence-corrected chi connectivity index (χ0v) is 15.8. The molecule has 1 saturated carbocycles. The molecule has 1 aliphatic carbocycles. The van der Waals surface area contributed by atoms with Gasteiger partial charge in [-0.3, -0.25) is 14.9 Å². The summed E-state index contributed by atoms with van der Waals surface area (Å²) >= 11 is 0. The summed E-state index contributed by atoms with van der Waals surface area (Å²) in [7, 11) is -4.92. The largest absolute Gasteiger partial charge is 0.375 e. The highest BCUT2D eigenvalue weighted by atomic mass is 32.2. The zero-order chi connectivity index (χ0) is 20.5. The number of hydrogen-bond donors (Lipinski definition) is 1. The second-order valence-corrected chi connectivity index (χ2v) is 9.06. The Bertz CT molecular complexity index is 872. The molecule has 1 unspecified atom stereocenters. The second-order valence-electron chi connectivity index (χ2n) is 7.14. The minimum atomic E-state index is -4.92. The molecule has 1 aromatic carbocycles. The number of nitro groups is 1. The fourth-order valence-electron chi connectivity index (χ4n) is 3.79. The van der Waals surface area contributed by atoms with Gasteiger partial charge in [-0.25, -0.2) is 8.42 Å². The lowest BCUT2D eigenvalue weighted by atomic mass is 10.1. The van der Waals surface area contributed by atoms with E-state index in [-0.39, 0.29) is 23.6 Å². The van der Waals surface area contributed by atoms with Gasteiger partial charge in [0, 0.05) is 31.1 Å². The minimum absolute atomic E-state index is 0.0402. The second kappa shape index (κ2) is 7.98. The lowest BCUT2D eigenvalue weighted by molar-refractivity contribution is -0.384. The first kappa shape index (κ1) is 20.4. The van der Waals surface area contributed by atoms with Crippen molar-refractivity contribution in [2.24, 2.45) is 5.92 Å². The Morgan fingerprint density at radius 3 is 2.54 bits per heavy atom. The molecule has 0 aromatic heterocycles. The van der Waals surface area contributed by atoms with E-state index in [1.165, 1.54) is 0 Å². The van der Waals surface area contributed by atoms with E-state index in [9.17, 15) is 32.1 Å². The van der Waals surface area contributed by atoms with Crippen LogP contribution in [0.25, 0.3) is 0 Å². The van der Waals surface area contributed by atoms with Gasteiger partial charge in [-0.2, -0.15) is 8.78 Å². The van der Waals surface area contributed by atoms with Crippen LogP contribution < -0.4 is 5.32 Å². The van der Waals surface area contributed by atoms with Gasteiger partial charge >= 0.3 is 5.76 Å². The minimum Gasteiger partial charge on any atom is -0.375 e. The lowest BCUT2D eigenvalue weighted by Crippen LogP contribution is -2.35. The van der Waals surface area contributed by atoms with Gasteiger partial charge in [-0.05, 0) is 31.4 Å². The van der Waals surface area contributed by atoms with Crippen molar-refractivity contribution in [3.8, 4) is 0 Å². The highest BCUT2D eigenvalue weighted by Crippen LogP contribution is 2.32. The molecule has 1 atom stereocenters. The van der Waals surface area contributed by atoms with Crippen molar-refractivity contribution in [2.75, 3.05) is 18.4 Å². The number of halogens is 2. The molecule has 3 rings (SSSR count). The zero-order valence-electron chi connectivity index (χ0n) is 15.0. The van der Waals surface area contributed by atoms with E-state index in [1.54, 1.807) is 4.90 Å². The molecule has 2 fully saturated rings. The van der Waals surface area contributed by atoms with Gasteiger partial charge in [-0.15, -0.1) is 0 Å². The molecule has 2 aliphatic rings. The van der Waals surface area contributed by atoms with Gasteiger partial charge < -0.3 is 10.2 Å². The number of carbonyl (C=O) groups is 1. The van der Waals surface area contributed by atoms with E-state index < -0.39 is 31.1 Å². The molecule has 8 nitrogen and oxygen atoms in total. The molecule has 11 heteroatoms. The fraction of sp³-hybridized carbons (Fsp3) is 0.588. The summed E-state index contributed by atoms with van der Waals surface area (Å²) in [5.41, 5.74) is -0.555. The molecular formula is C17H21F2N3O5S. The van der Waals surface area contributed by atoms with E-state index in [0.717, 1.165) is 37.8 Å². The average molecular weight is 417 g/mol. The summed E-state index contributed by atoms with van der Waals surface area (Å²) in [6.07, 6.45) is 4.46. The quantitative estimate of drug-likeness (QED) is 0.563. The van der Waals surface area contributed by atoms with Gasteiger partial charge in [0.25, 0.3) is 5.69 Å². The first-order chi connectivity index (χ1) is 13.2. The Morgan fingerprint density at radius 2 is 1.93 bits per heavy atom. The summed E-state index contributed by atoms with van der Waals surface area (Å²) in [6.45, 7) is 0.933. The molecule has 1 aromatic rings. The highest BCUT2D eigenvalue weighted by Gasteiger charge is 2.34. The number of hydrogen-bond acceptors (Lipinski definition) is 6. The maximum Gasteiger partial charge on any atom is 0.341 e. The summed E-state index contributed by atoms with van der Waals surface area (Å²) in [5, 5.41) is 14.3. The Kier molecular flexibility index (Phi) is 5.82. The van der Waals surface area contributed by atoms with Crippen molar-refractivity contribution in [3.05, 3.63) is 28.3 Å². The molecule has 1 aliphatic heterocycles. The molecule has 1 amide bonds. The SMILES string of the molecule is O=C(C1CCCC1)N1CCC(Nc2ccc(S(=O)(=O)C(F)F)cc2[N+](=O)[O-])C1. The van der Waals surface area contributed by atoms with Gasteiger partial charge in [-0.1, -0.05) is 12.8 Å². The van der Waals surface area contributed by atoms with Crippen molar-refractivity contribution < 1.29 is 26.9 Å². The number of rotatable bonds is 6. The third-order valence-electron chi connectivity index (χ3n) is 5.29. The molecule has 0 spiro atoms. The Balaban J connectivity index is 1.74. The van der Waals surface area contributed by atoms with Gasteiger partial charge in [0.1, 0.15) is 5.69 Å². The molecular weight excluding hydrogens is 396 g/mol. The summed E-state index contributed by atoms with van der Waals surface area (Å²) in [5.74, 6) is -3.50. The van der Waals surface area contributed by atoms with Crippen LogP contribution in [0.4, 0.5) is 20.2 Å². The summed E-state index contributed by atoms with van der Waals surface area (Å²) < 4.78 is 48.5. The van der Waals surface area contributed by atoms with Crippen LogP contribution in [0, 0.1) is 16.0 Å². The molecule has 28 heavy (non-hydrogen) atoms. The standard InChI is InChI=1S/C17H21F2N3O5S/c18-17(19)28(26,27)13-5-6-14(15(9-13)22(24)25)20-12-7-8-21(10-12)16(23)11-3-1-2-4-11/h5-6,9,11-12,17,20H,1-4,7-8,10H2. The van der Waals surface area contributed by atoms with Crippen molar-refractivity contribution in [2.45, 2.75) is 48.8 Å².